The van der Waals surface area contributed by atoms with E-state index in [1.807, 2.05) is 0 Å². The van der Waals surface area contributed by atoms with Crippen molar-refractivity contribution in [3.63, 3.8) is 0 Å². The van der Waals surface area contributed by atoms with Crippen LogP contribution < -0.4 is 10.1 Å². The second-order valence-electron chi connectivity index (χ2n) is 3.78. The molecule has 1 amide bonds. The standard InChI is InChI=1S/C14H16N2O4/c1-3-5-6-10-15-14(17)11-8-7-9-12(16(18)19)13(11)20-4-2/h7-9H,4,6,10H2,1-2H3,(H,15,17). The maximum atomic E-state index is 12.0. The highest BCUT2D eigenvalue weighted by atomic mass is 16.6. The van der Waals surface area contributed by atoms with Crippen LogP contribution in [0.15, 0.2) is 18.2 Å². The van der Waals surface area contributed by atoms with E-state index in [9.17, 15) is 14.9 Å². The van der Waals surface area contributed by atoms with Gasteiger partial charge in [0.1, 0.15) is 0 Å². The summed E-state index contributed by atoms with van der Waals surface area (Å²) in [4.78, 5) is 22.4. The number of carbonyl (C=O) groups excluding carboxylic acids is 1. The highest BCUT2D eigenvalue weighted by Gasteiger charge is 2.22. The molecule has 106 valence electrons. The maximum Gasteiger partial charge on any atom is 0.311 e. The van der Waals surface area contributed by atoms with Crippen LogP contribution in [0.1, 0.15) is 30.6 Å². The predicted octanol–water partition coefficient (Wildman–Crippen LogP) is 2.14. The number of carbonyl (C=O) groups is 1. The van der Waals surface area contributed by atoms with E-state index in [1.54, 1.807) is 13.8 Å². The Labute approximate surface area is 117 Å². The Morgan fingerprint density at radius 2 is 2.25 bits per heavy atom. The summed E-state index contributed by atoms with van der Waals surface area (Å²) in [6.45, 7) is 4.05. The molecule has 1 aromatic carbocycles. The number of nitro groups is 1. The van der Waals surface area contributed by atoms with E-state index in [-0.39, 0.29) is 23.6 Å². The van der Waals surface area contributed by atoms with Crippen LogP contribution in [0.25, 0.3) is 0 Å². The highest BCUT2D eigenvalue weighted by Crippen LogP contribution is 2.30. The third kappa shape index (κ3) is 3.99. The molecular formula is C14H16N2O4. The van der Waals surface area contributed by atoms with Crippen molar-refractivity contribution >= 4 is 11.6 Å². The highest BCUT2D eigenvalue weighted by molar-refractivity contribution is 5.98. The molecule has 0 heterocycles. The molecule has 0 aromatic heterocycles. The van der Waals surface area contributed by atoms with Crippen LogP contribution in [0.3, 0.4) is 0 Å². The topological polar surface area (TPSA) is 81.5 Å². The molecular weight excluding hydrogens is 260 g/mol. The normalized spacial score (nSPS) is 9.30. The van der Waals surface area contributed by atoms with Crippen LogP contribution in [0.4, 0.5) is 5.69 Å². The second kappa shape index (κ2) is 7.79. The van der Waals surface area contributed by atoms with Gasteiger partial charge in [0, 0.05) is 19.0 Å². The van der Waals surface area contributed by atoms with Gasteiger partial charge in [0.05, 0.1) is 17.1 Å². The minimum atomic E-state index is -0.565. The molecule has 0 bridgehead atoms. The third-order valence-corrected chi connectivity index (χ3v) is 2.44. The Bertz CT molecular complexity index is 558. The molecule has 0 fully saturated rings. The number of nitrogens with one attached hydrogen (secondary N) is 1. The van der Waals surface area contributed by atoms with Crippen molar-refractivity contribution in [2.45, 2.75) is 20.3 Å². The molecule has 20 heavy (non-hydrogen) atoms. The second-order valence-corrected chi connectivity index (χ2v) is 3.78. The molecule has 1 N–H and O–H groups in total. The zero-order valence-corrected chi connectivity index (χ0v) is 11.4. The van der Waals surface area contributed by atoms with Crippen molar-refractivity contribution < 1.29 is 14.5 Å². The number of nitrogens with zero attached hydrogens (tertiary/aromatic N) is 1. The number of para-hydroxylation sites is 1. The summed E-state index contributed by atoms with van der Waals surface area (Å²) in [6, 6.07) is 4.27. The smallest absolute Gasteiger partial charge is 0.311 e. The summed E-state index contributed by atoms with van der Waals surface area (Å²) in [5, 5.41) is 13.6. The molecule has 6 nitrogen and oxygen atoms in total. The zero-order valence-electron chi connectivity index (χ0n) is 11.4. The Hall–Kier alpha value is -2.55. The summed E-state index contributed by atoms with van der Waals surface area (Å²) in [5.41, 5.74) is -0.0571. The first kappa shape index (κ1) is 15.5. The fourth-order valence-corrected chi connectivity index (χ4v) is 1.60. The average Bonchev–Trinajstić information content (AvgIpc) is 2.43. The van der Waals surface area contributed by atoms with Crippen molar-refractivity contribution in [1.29, 1.82) is 0 Å². The lowest BCUT2D eigenvalue weighted by Crippen LogP contribution is -2.25. The molecule has 1 aromatic rings. The minimum Gasteiger partial charge on any atom is -0.487 e. The zero-order chi connectivity index (χ0) is 15.0. The Balaban J connectivity index is 2.97. The van der Waals surface area contributed by atoms with E-state index in [0.717, 1.165) is 0 Å². The number of amides is 1. The number of rotatable bonds is 6. The van der Waals surface area contributed by atoms with Gasteiger partial charge in [-0.05, 0) is 19.9 Å². The van der Waals surface area contributed by atoms with E-state index >= 15 is 0 Å². The van der Waals surface area contributed by atoms with Crippen molar-refractivity contribution in [2.24, 2.45) is 0 Å². The first-order valence-electron chi connectivity index (χ1n) is 6.19. The summed E-state index contributed by atoms with van der Waals surface area (Å²) < 4.78 is 5.25. The van der Waals surface area contributed by atoms with Gasteiger partial charge in [-0.15, -0.1) is 11.8 Å². The Kier molecular flexibility index (Phi) is 6.04. The van der Waals surface area contributed by atoms with Gasteiger partial charge in [-0.1, -0.05) is 6.07 Å². The molecule has 1 rings (SSSR count). The van der Waals surface area contributed by atoms with Gasteiger partial charge < -0.3 is 10.1 Å². The SMILES string of the molecule is CC#CCCNC(=O)c1cccc([N+](=O)[O-])c1OCC. The van der Waals surface area contributed by atoms with E-state index in [4.69, 9.17) is 4.74 Å². The summed E-state index contributed by atoms with van der Waals surface area (Å²) in [6.07, 6.45) is 0.529. The van der Waals surface area contributed by atoms with E-state index in [0.29, 0.717) is 13.0 Å². The fourth-order valence-electron chi connectivity index (χ4n) is 1.60. The van der Waals surface area contributed by atoms with Crippen LogP contribution in [-0.2, 0) is 0 Å². The van der Waals surface area contributed by atoms with Crippen molar-refractivity contribution in [3.8, 4) is 17.6 Å². The van der Waals surface area contributed by atoms with Crippen molar-refractivity contribution in [2.75, 3.05) is 13.2 Å². The lowest BCUT2D eigenvalue weighted by atomic mass is 10.1. The van der Waals surface area contributed by atoms with Gasteiger partial charge in [0.2, 0.25) is 5.75 Å². The number of hydrogen-bond acceptors (Lipinski definition) is 4. The largest absolute Gasteiger partial charge is 0.487 e. The van der Waals surface area contributed by atoms with Crippen LogP contribution in [0.2, 0.25) is 0 Å². The van der Waals surface area contributed by atoms with Gasteiger partial charge in [0.15, 0.2) is 0 Å². The van der Waals surface area contributed by atoms with Crippen LogP contribution in [0.5, 0.6) is 5.75 Å². The van der Waals surface area contributed by atoms with Crippen LogP contribution >= 0.6 is 0 Å². The van der Waals surface area contributed by atoms with E-state index in [1.165, 1.54) is 18.2 Å². The fraction of sp³-hybridized carbons (Fsp3) is 0.357. The van der Waals surface area contributed by atoms with Gasteiger partial charge in [-0.2, -0.15) is 0 Å². The molecule has 0 aliphatic heterocycles. The lowest BCUT2D eigenvalue weighted by molar-refractivity contribution is -0.385. The Morgan fingerprint density at radius 3 is 2.85 bits per heavy atom. The van der Waals surface area contributed by atoms with Crippen molar-refractivity contribution in [3.05, 3.63) is 33.9 Å². The predicted molar refractivity (Wildman–Crippen MR) is 74.7 cm³/mol. The third-order valence-electron chi connectivity index (χ3n) is 2.44. The molecule has 0 unspecified atom stereocenters. The molecule has 0 saturated carbocycles. The molecule has 0 radical (unpaired) electrons. The maximum absolute atomic E-state index is 12.0. The molecule has 0 atom stereocenters. The minimum absolute atomic E-state index is 0.000856. The molecule has 6 heteroatoms. The number of hydrogen-bond donors (Lipinski definition) is 1. The van der Waals surface area contributed by atoms with Crippen LogP contribution in [0, 0.1) is 22.0 Å². The van der Waals surface area contributed by atoms with Gasteiger partial charge in [0.25, 0.3) is 5.91 Å². The van der Waals surface area contributed by atoms with Gasteiger partial charge in [-0.3, -0.25) is 14.9 Å². The van der Waals surface area contributed by atoms with E-state index < -0.39 is 10.8 Å². The summed E-state index contributed by atoms with van der Waals surface area (Å²) >= 11 is 0. The quantitative estimate of drug-likeness (QED) is 0.373. The van der Waals surface area contributed by atoms with Crippen molar-refractivity contribution in [1.82, 2.24) is 5.32 Å². The van der Waals surface area contributed by atoms with Crippen LogP contribution in [-0.4, -0.2) is 24.0 Å². The summed E-state index contributed by atoms with van der Waals surface area (Å²) in [7, 11) is 0. The Morgan fingerprint density at radius 1 is 1.50 bits per heavy atom. The monoisotopic (exact) mass is 276 g/mol. The number of benzene rings is 1. The average molecular weight is 276 g/mol. The first-order chi connectivity index (χ1) is 9.61. The first-order valence-corrected chi connectivity index (χ1v) is 6.19. The molecule has 0 saturated heterocycles. The molecule has 0 aliphatic carbocycles. The summed E-state index contributed by atoms with van der Waals surface area (Å²) in [5.74, 6) is 5.13. The van der Waals surface area contributed by atoms with E-state index in [2.05, 4.69) is 17.2 Å². The number of nitro benzene ring substituents is 1. The van der Waals surface area contributed by atoms with Gasteiger partial charge >= 0.3 is 5.69 Å². The van der Waals surface area contributed by atoms with Gasteiger partial charge in [-0.25, -0.2) is 0 Å². The lowest BCUT2D eigenvalue weighted by Gasteiger charge is -2.10. The number of ether oxygens (including phenoxy) is 1. The molecule has 0 spiro atoms. The molecule has 0 aliphatic rings.